The number of nitriles is 1. The van der Waals surface area contributed by atoms with Crippen molar-refractivity contribution in [2.45, 2.75) is 6.61 Å². The summed E-state index contributed by atoms with van der Waals surface area (Å²) in [4.78, 5) is 7.57. The molecule has 20 heavy (non-hydrogen) atoms. The van der Waals surface area contributed by atoms with E-state index in [9.17, 15) is 0 Å². The highest BCUT2D eigenvalue weighted by atomic mass is 35.5. The predicted octanol–water partition coefficient (Wildman–Crippen LogP) is 3.67. The average molecular weight is 284 g/mol. The molecular weight excluding hydrogens is 274 g/mol. The lowest BCUT2D eigenvalue weighted by Crippen LogP contribution is -1.97. The fraction of sp³-hybridized carbons (Fsp3) is 0.0667. The number of hydrogen-bond acceptors (Lipinski definition) is 3. The number of benzene rings is 2. The molecule has 1 aromatic heterocycles. The van der Waals surface area contributed by atoms with Crippen molar-refractivity contribution in [1.29, 1.82) is 5.26 Å². The number of nitrogens with zero attached hydrogens (tertiary/aromatic N) is 2. The van der Waals surface area contributed by atoms with E-state index in [0.29, 0.717) is 22.9 Å². The molecule has 1 N–H and O–H groups in total. The zero-order chi connectivity index (χ0) is 13.9. The number of ether oxygens (including phenoxy) is 1. The lowest BCUT2D eigenvalue weighted by atomic mass is 10.2. The van der Waals surface area contributed by atoms with Crippen molar-refractivity contribution in [1.82, 2.24) is 9.97 Å². The van der Waals surface area contributed by atoms with Gasteiger partial charge in [-0.25, -0.2) is 4.98 Å². The Balaban J connectivity index is 1.74. The molecule has 0 atom stereocenters. The third kappa shape index (κ3) is 2.58. The van der Waals surface area contributed by atoms with Gasteiger partial charge in [0.15, 0.2) is 0 Å². The van der Waals surface area contributed by atoms with Crippen molar-refractivity contribution >= 4 is 22.6 Å². The first-order valence-corrected chi connectivity index (χ1v) is 6.39. The molecule has 4 nitrogen and oxygen atoms in total. The molecule has 3 rings (SSSR count). The van der Waals surface area contributed by atoms with Gasteiger partial charge in [-0.2, -0.15) is 5.26 Å². The number of rotatable bonds is 3. The molecule has 0 unspecified atom stereocenters. The number of hydrogen-bond donors (Lipinski definition) is 1. The third-order valence-corrected chi connectivity index (χ3v) is 3.09. The van der Waals surface area contributed by atoms with Crippen molar-refractivity contribution < 1.29 is 4.74 Å². The molecule has 0 spiro atoms. The Morgan fingerprint density at radius 2 is 2.00 bits per heavy atom. The van der Waals surface area contributed by atoms with Gasteiger partial charge in [-0.15, -0.1) is 0 Å². The molecule has 2 aromatic carbocycles. The molecule has 3 aromatic rings. The van der Waals surface area contributed by atoms with Crippen LogP contribution in [0.1, 0.15) is 11.4 Å². The smallest absolute Gasteiger partial charge is 0.146 e. The van der Waals surface area contributed by atoms with Crippen LogP contribution in [0.4, 0.5) is 0 Å². The summed E-state index contributed by atoms with van der Waals surface area (Å²) in [6, 6.07) is 14.5. The monoisotopic (exact) mass is 283 g/mol. The fourth-order valence-electron chi connectivity index (χ4n) is 1.88. The average Bonchev–Trinajstić information content (AvgIpc) is 2.87. The van der Waals surface area contributed by atoms with E-state index in [1.165, 1.54) is 0 Å². The first kappa shape index (κ1) is 12.5. The quantitative estimate of drug-likeness (QED) is 0.798. The second-order valence-corrected chi connectivity index (χ2v) is 4.71. The van der Waals surface area contributed by atoms with Crippen LogP contribution in [-0.4, -0.2) is 9.97 Å². The normalized spacial score (nSPS) is 10.4. The maximum absolute atomic E-state index is 8.72. The Morgan fingerprint density at radius 1 is 1.20 bits per heavy atom. The molecule has 0 radical (unpaired) electrons. The van der Waals surface area contributed by atoms with E-state index in [4.69, 9.17) is 21.6 Å². The number of nitrogens with one attached hydrogen (secondary N) is 1. The van der Waals surface area contributed by atoms with E-state index < -0.39 is 0 Å². The van der Waals surface area contributed by atoms with Crippen molar-refractivity contribution in [2.24, 2.45) is 0 Å². The van der Waals surface area contributed by atoms with Crippen LogP contribution in [0.15, 0.2) is 42.5 Å². The molecule has 1 heterocycles. The number of halogens is 1. The molecule has 0 aliphatic heterocycles. The summed E-state index contributed by atoms with van der Waals surface area (Å²) in [5.74, 6) is 1.43. The van der Waals surface area contributed by atoms with Gasteiger partial charge in [-0.3, -0.25) is 0 Å². The van der Waals surface area contributed by atoms with Crippen LogP contribution in [0.2, 0.25) is 5.02 Å². The summed E-state index contributed by atoms with van der Waals surface area (Å²) < 4.78 is 5.62. The highest BCUT2D eigenvalue weighted by molar-refractivity contribution is 6.31. The Labute approximate surface area is 120 Å². The van der Waals surface area contributed by atoms with Gasteiger partial charge in [0.2, 0.25) is 0 Å². The van der Waals surface area contributed by atoms with E-state index in [1.54, 1.807) is 30.3 Å². The Hall–Kier alpha value is -2.51. The van der Waals surface area contributed by atoms with Crippen LogP contribution in [0.3, 0.4) is 0 Å². The molecule has 0 fully saturated rings. The number of H-pyrrole nitrogens is 1. The van der Waals surface area contributed by atoms with Crippen LogP contribution >= 0.6 is 11.6 Å². The number of aromatic nitrogens is 2. The maximum atomic E-state index is 8.72. The van der Waals surface area contributed by atoms with Gasteiger partial charge < -0.3 is 9.72 Å². The molecule has 5 heteroatoms. The first-order valence-electron chi connectivity index (χ1n) is 6.02. The SMILES string of the molecule is N#Cc1ccc(OCc2nc3ccc(Cl)cc3[nH]2)cc1. The Bertz CT molecular complexity index is 787. The van der Waals surface area contributed by atoms with Crippen LogP contribution in [-0.2, 0) is 6.61 Å². The number of imidazole rings is 1. The Morgan fingerprint density at radius 3 is 2.75 bits per heavy atom. The largest absolute Gasteiger partial charge is 0.486 e. The van der Waals surface area contributed by atoms with Crippen LogP contribution in [0.5, 0.6) is 5.75 Å². The zero-order valence-electron chi connectivity index (χ0n) is 10.4. The third-order valence-electron chi connectivity index (χ3n) is 2.85. The maximum Gasteiger partial charge on any atom is 0.146 e. The second kappa shape index (κ2) is 5.24. The van der Waals surface area contributed by atoms with Crippen LogP contribution in [0.25, 0.3) is 11.0 Å². The topological polar surface area (TPSA) is 61.7 Å². The predicted molar refractivity (Wildman–Crippen MR) is 76.6 cm³/mol. The summed E-state index contributed by atoms with van der Waals surface area (Å²) in [6.45, 7) is 0.332. The molecule has 98 valence electrons. The minimum atomic E-state index is 0.332. The fourth-order valence-corrected chi connectivity index (χ4v) is 2.05. The summed E-state index contributed by atoms with van der Waals surface area (Å²) in [7, 11) is 0. The highest BCUT2D eigenvalue weighted by Crippen LogP contribution is 2.18. The molecule has 0 bridgehead atoms. The van der Waals surface area contributed by atoms with E-state index in [1.807, 2.05) is 12.1 Å². The number of aromatic amines is 1. The van der Waals surface area contributed by atoms with Crippen LogP contribution < -0.4 is 4.74 Å². The summed E-state index contributed by atoms with van der Waals surface area (Å²) in [5, 5.41) is 9.39. The van der Waals surface area contributed by atoms with E-state index in [2.05, 4.69) is 16.0 Å². The van der Waals surface area contributed by atoms with Crippen molar-refractivity contribution in [2.75, 3.05) is 0 Å². The molecule has 0 aliphatic rings. The van der Waals surface area contributed by atoms with Gasteiger partial charge in [0, 0.05) is 5.02 Å². The molecule has 0 saturated heterocycles. The molecule has 0 amide bonds. The van der Waals surface area contributed by atoms with Gasteiger partial charge >= 0.3 is 0 Å². The zero-order valence-corrected chi connectivity index (χ0v) is 11.2. The molecular formula is C15H10ClN3O. The van der Waals surface area contributed by atoms with Gasteiger partial charge in [-0.1, -0.05) is 11.6 Å². The van der Waals surface area contributed by atoms with E-state index >= 15 is 0 Å². The second-order valence-electron chi connectivity index (χ2n) is 4.27. The van der Waals surface area contributed by atoms with E-state index in [-0.39, 0.29) is 0 Å². The summed E-state index contributed by atoms with van der Waals surface area (Å²) in [5.41, 5.74) is 2.35. The highest BCUT2D eigenvalue weighted by Gasteiger charge is 2.04. The Kier molecular flexibility index (Phi) is 3.28. The minimum Gasteiger partial charge on any atom is -0.486 e. The van der Waals surface area contributed by atoms with Gasteiger partial charge in [-0.05, 0) is 42.5 Å². The summed E-state index contributed by atoms with van der Waals surface area (Å²) in [6.07, 6.45) is 0. The van der Waals surface area contributed by atoms with Gasteiger partial charge in [0.05, 0.1) is 22.7 Å². The van der Waals surface area contributed by atoms with Crippen LogP contribution in [0, 0.1) is 11.3 Å². The lowest BCUT2D eigenvalue weighted by molar-refractivity contribution is 0.297. The van der Waals surface area contributed by atoms with Crippen molar-refractivity contribution in [3.05, 3.63) is 58.9 Å². The van der Waals surface area contributed by atoms with Gasteiger partial charge in [0.1, 0.15) is 18.2 Å². The molecule has 0 aliphatic carbocycles. The molecule has 0 saturated carbocycles. The van der Waals surface area contributed by atoms with E-state index in [0.717, 1.165) is 16.9 Å². The van der Waals surface area contributed by atoms with Crippen molar-refractivity contribution in [3.63, 3.8) is 0 Å². The summed E-state index contributed by atoms with van der Waals surface area (Å²) >= 11 is 5.92. The first-order chi connectivity index (χ1) is 9.74. The minimum absolute atomic E-state index is 0.332. The van der Waals surface area contributed by atoms with Crippen molar-refractivity contribution in [3.8, 4) is 11.8 Å². The number of fused-ring (bicyclic) bond motifs is 1. The lowest BCUT2D eigenvalue weighted by Gasteiger charge is -2.03. The standard InChI is InChI=1S/C15H10ClN3O/c16-11-3-6-13-14(7-11)19-15(18-13)9-20-12-4-1-10(8-17)2-5-12/h1-7H,9H2,(H,18,19). The van der Waals surface area contributed by atoms with Gasteiger partial charge in [0.25, 0.3) is 0 Å².